The number of carbonyl (C=O) groups excluding carboxylic acids is 1. The van der Waals surface area contributed by atoms with E-state index in [4.69, 9.17) is 23.2 Å². The SMILES string of the molecule is CC(C)C[C@H](N[S@@](=O)C(C)(C)C)c1cc(Cl)ccc1N1CCN(C(=O)[C@H](C)Cc2ccc(Cl)cc2)CC1. The zero-order valence-electron chi connectivity index (χ0n) is 22.9. The van der Waals surface area contributed by atoms with Gasteiger partial charge in [0.25, 0.3) is 0 Å². The quantitative estimate of drug-likeness (QED) is 0.369. The summed E-state index contributed by atoms with van der Waals surface area (Å²) >= 11 is 12.5. The van der Waals surface area contributed by atoms with Crippen LogP contribution in [-0.4, -0.2) is 45.9 Å². The molecule has 1 aliphatic heterocycles. The molecule has 8 heteroatoms. The van der Waals surface area contributed by atoms with Crippen molar-refractivity contribution in [1.29, 1.82) is 0 Å². The molecule has 2 aromatic carbocycles. The highest BCUT2D eigenvalue weighted by molar-refractivity contribution is 7.84. The van der Waals surface area contributed by atoms with E-state index in [1.807, 2.05) is 69.0 Å². The minimum absolute atomic E-state index is 0.0900. The van der Waals surface area contributed by atoms with Gasteiger partial charge in [0.2, 0.25) is 5.91 Å². The average Bonchev–Trinajstić information content (AvgIpc) is 2.83. The first kappa shape index (κ1) is 29.9. The lowest BCUT2D eigenvalue weighted by Crippen LogP contribution is -2.50. The van der Waals surface area contributed by atoms with Gasteiger partial charge in [-0.2, -0.15) is 0 Å². The number of piperazine rings is 1. The molecule has 5 nitrogen and oxygen atoms in total. The highest BCUT2D eigenvalue weighted by Gasteiger charge is 2.29. The van der Waals surface area contributed by atoms with E-state index < -0.39 is 11.0 Å². The molecule has 1 heterocycles. The van der Waals surface area contributed by atoms with Crippen molar-refractivity contribution in [3.63, 3.8) is 0 Å². The maximum atomic E-state index is 13.2. The second-order valence-corrected chi connectivity index (χ2v) is 14.3. The Labute approximate surface area is 235 Å². The zero-order chi connectivity index (χ0) is 27.3. The Morgan fingerprint density at radius 1 is 0.973 bits per heavy atom. The van der Waals surface area contributed by atoms with E-state index >= 15 is 0 Å². The van der Waals surface area contributed by atoms with Crippen molar-refractivity contribution < 1.29 is 9.00 Å². The number of nitrogens with zero attached hydrogens (tertiary/aromatic N) is 2. The molecule has 0 unspecified atom stereocenters. The molecule has 1 fully saturated rings. The van der Waals surface area contributed by atoms with Gasteiger partial charge in [-0.1, -0.05) is 56.1 Å². The van der Waals surface area contributed by atoms with E-state index in [1.165, 1.54) is 0 Å². The number of nitrogens with one attached hydrogen (secondary N) is 1. The van der Waals surface area contributed by atoms with Gasteiger partial charge in [-0.05, 0) is 81.0 Å². The molecule has 2 aromatic rings. The fourth-order valence-corrected chi connectivity index (χ4v) is 5.79. The largest absolute Gasteiger partial charge is 0.368 e. The second kappa shape index (κ2) is 13.0. The summed E-state index contributed by atoms with van der Waals surface area (Å²) in [6, 6.07) is 13.6. The molecule has 3 atom stereocenters. The van der Waals surface area contributed by atoms with E-state index in [0.29, 0.717) is 35.5 Å². The van der Waals surface area contributed by atoms with Crippen LogP contribution in [-0.2, 0) is 22.2 Å². The summed E-state index contributed by atoms with van der Waals surface area (Å²) in [5.41, 5.74) is 3.27. The third-order valence-corrected chi connectivity index (χ3v) is 8.78. The number of benzene rings is 2. The molecule has 204 valence electrons. The molecule has 0 radical (unpaired) electrons. The van der Waals surface area contributed by atoms with E-state index in [1.54, 1.807) is 0 Å². The molecule has 0 saturated carbocycles. The summed E-state index contributed by atoms with van der Waals surface area (Å²) < 4.78 is 16.1. The van der Waals surface area contributed by atoms with Gasteiger partial charge in [0, 0.05) is 53.9 Å². The van der Waals surface area contributed by atoms with Crippen molar-refractivity contribution in [3.05, 3.63) is 63.6 Å². The molecule has 0 spiro atoms. The van der Waals surface area contributed by atoms with Gasteiger partial charge in [0.1, 0.15) is 0 Å². The molecular weight excluding hydrogens is 525 g/mol. The van der Waals surface area contributed by atoms with Gasteiger partial charge in [0.15, 0.2) is 0 Å². The van der Waals surface area contributed by atoms with Crippen molar-refractivity contribution in [1.82, 2.24) is 9.62 Å². The van der Waals surface area contributed by atoms with E-state index in [0.717, 1.165) is 36.3 Å². The maximum Gasteiger partial charge on any atom is 0.225 e. The fraction of sp³-hybridized carbons (Fsp3) is 0.552. The van der Waals surface area contributed by atoms with E-state index in [-0.39, 0.29) is 22.6 Å². The first-order valence-corrected chi connectivity index (χ1v) is 15.0. The minimum atomic E-state index is -1.21. The molecule has 1 N–H and O–H groups in total. The minimum Gasteiger partial charge on any atom is -0.368 e. The molecule has 37 heavy (non-hydrogen) atoms. The lowest BCUT2D eigenvalue weighted by atomic mass is 9.95. The maximum absolute atomic E-state index is 13.2. The third-order valence-electron chi connectivity index (χ3n) is 6.69. The van der Waals surface area contributed by atoms with Crippen LogP contribution in [0, 0.1) is 11.8 Å². The second-order valence-electron chi connectivity index (χ2n) is 11.4. The van der Waals surface area contributed by atoms with Crippen LogP contribution < -0.4 is 9.62 Å². The Balaban J connectivity index is 1.72. The van der Waals surface area contributed by atoms with Crippen molar-refractivity contribution in [2.24, 2.45) is 11.8 Å². The number of halogens is 2. The molecule has 0 bridgehead atoms. The predicted molar refractivity (Wildman–Crippen MR) is 158 cm³/mol. The predicted octanol–water partition coefficient (Wildman–Crippen LogP) is 6.66. The number of carbonyl (C=O) groups is 1. The Morgan fingerprint density at radius 3 is 2.14 bits per heavy atom. The van der Waals surface area contributed by atoms with Gasteiger partial charge in [0.05, 0.1) is 15.7 Å². The lowest BCUT2D eigenvalue weighted by Gasteiger charge is -2.39. The summed E-state index contributed by atoms with van der Waals surface area (Å²) in [5, 5.41) is 1.37. The van der Waals surface area contributed by atoms with Gasteiger partial charge in [-0.25, -0.2) is 8.93 Å². The number of hydrogen-bond donors (Lipinski definition) is 1. The molecule has 1 saturated heterocycles. The molecule has 0 aromatic heterocycles. The first-order valence-electron chi connectivity index (χ1n) is 13.1. The fourth-order valence-electron chi connectivity index (χ4n) is 4.65. The molecule has 1 aliphatic rings. The van der Waals surface area contributed by atoms with Gasteiger partial charge in [-0.15, -0.1) is 0 Å². The van der Waals surface area contributed by atoms with Crippen LogP contribution in [0.1, 0.15) is 65.1 Å². The molecule has 3 rings (SSSR count). The van der Waals surface area contributed by atoms with Crippen molar-refractivity contribution >= 4 is 45.8 Å². The molecule has 0 aliphatic carbocycles. The highest BCUT2D eigenvalue weighted by atomic mass is 35.5. The number of rotatable bonds is 9. The van der Waals surface area contributed by atoms with Crippen molar-refractivity contribution in [2.45, 2.75) is 65.2 Å². The standard InChI is InChI=1S/C29H41Cl2N3O2S/c1-20(2)17-26(32-37(36)29(4,5)6)25-19-24(31)11-12-27(25)33-13-15-34(16-14-33)28(35)21(3)18-22-7-9-23(30)10-8-22/h7-12,19-21,26,32H,13-18H2,1-6H3/t21-,26+,37+/m1/s1. The van der Waals surface area contributed by atoms with E-state index in [2.05, 4.69) is 29.5 Å². The highest BCUT2D eigenvalue weighted by Crippen LogP contribution is 2.34. The Kier molecular flexibility index (Phi) is 10.5. The van der Waals surface area contributed by atoms with Crippen LogP contribution in [0.3, 0.4) is 0 Å². The van der Waals surface area contributed by atoms with Gasteiger partial charge < -0.3 is 9.80 Å². The zero-order valence-corrected chi connectivity index (χ0v) is 25.2. The lowest BCUT2D eigenvalue weighted by molar-refractivity contribution is -0.135. The van der Waals surface area contributed by atoms with Crippen molar-refractivity contribution in [3.8, 4) is 0 Å². The summed E-state index contributed by atoms with van der Waals surface area (Å²) in [6.07, 6.45) is 1.54. The summed E-state index contributed by atoms with van der Waals surface area (Å²) in [7, 11) is -1.21. The normalized spacial score (nSPS) is 17.1. The van der Waals surface area contributed by atoms with Crippen LogP contribution in [0.2, 0.25) is 10.0 Å². The third kappa shape index (κ3) is 8.44. The van der Waals surface area contributed by atoms with Crippen LogP contribution in [0.15, 0.2) is 42.5 Å². The Hall–Kier alpha value is -1.60. The molecular formula is C29H41Cl2N3O2S. The first-order chi connectivity index (χ1) is 17.3. The summed E-state index contributed by atoms with van der Waals surface area (Å²) in [5.74, 6) is 0.509. The van der Waals surface area contributed by atoms with Gasteiger partial charge >= 0.3 is 0 Å². The molecule has 1 amide bonds. The van der Waals surface area contributed by atoms with E-state index in [9.17, 15) is 9.00 Å². The summed E-state index contributed by atoms with van der Waals surface area (Å²) in [4.78, 5) is 17.5. The topological polar surface area (TPSA) is 52.7 Å². The van der Waals surface area contributed by atoms with Gasteiger partial charge in [-0.3, -0.25) is 4.79 Å². The number of anilines is 1. The smallest absolute Gasteiger partial charge is 0.225 e. The van der Waals surface area contributed by atoms with Crippen LogP contribution in [0.5, 0.6) is 0 Å². The average molecular weight is 567 g/mol. The van der Waals surface area contributed by atoms with Crippen LogP contribution in [0.4, 0.5) is 5.69 Å². The monoisotopic (exact) mass is 565 g/mol. The van der Waals surface area contributed by atoms with Crippen LogP contribution >= 0.6 is 23.2 Å². The number of amides is 1. The Morgan fingerprint density at radius 2 is 1.57 bits per heavy atom. The van der Waals surface area contributed by atoms with Crippen molar-refractivity contribution in [2.75, 3.05) is 31.1 Å². The van der Waals surface area contributed by atoms with Crippen LogP contribution in [0.25, 0.3) is 0 Å². The summed E-state index contributed by atoms with van der Waals surface area (Å²) in [6.45, 7) is 15.1. The Bertz CT molecular complexity index is 1080. The number of hydrogen-bond acceptors (Lipinski definition) is 3.